The smallest absolute Gasteiger partial charge is 0.225 e. The van der Waals surface area contributed by atoms with Crippen molar-refractivity contribution in [2.24, 2.45) is 5.92 Å². The average Bonchev–Trinajstić information content (AvgIpc) is 3.38. The number of carbonyl (C=O) groups excluding carboxylic acids is 2. The van der Waals surface area contributed by atoms with E-state index in [1.165, 1.54) is 12.8 Å². The van der Waals surface area contributed by atoms with Crippen molar-refractivity contribution >= 4 is 11.8 Å². The Morgan fingerprint density at radius 1 is 0.969 bits per heavy atom. The van der Waals surface area contributed by atoms with Gasteiger partial charge in [-0.3, -0.25) is 14.6 Å². The predicted molar refractivity (Wildman–Crippen MR) is 121 cm³/mol. The second kappa shape index (κ2) is 8.96. The zero-order valence-corrected chi connectivity index (χ0v) is 18.8. The van der Waals surface area contributed by atoms with Crippen molar-refractivity contribution in [3.05, 3.63) is 41.6 Å². The predicted octanol–water partition coefficient (Wildman–Crippen LogP) is 3.34. The van der Waals surface area contributed by atoms with Gasteiger partial charge in [0.1, 0.15) is 5.82 Å². The van der Waals surface area contributed by atoms with Gasteiger partial charge in [-0.25, -0.2) is 9.97 Å². The molecule has 2 amide bonds. The van der Waals surface area contributed by atoms with Crippen molar-refractivity contribution in [3.63, 3.8) is 0 Å². The fraction of sp³-hybridized carbons (Fsp3) is 0.560. The molecule has 2 fully saturated rings. The van der Waals surface area contributed by atoms with E-state index in [0.29, 0.717) is 25.5 Å². The number of pyridine rings is 1. The van der Waals surface area contributed by atoms with Gasteiger partial charge in [-0.05, 0) is 44.2 Å². The van der Waals surface area contributed by atoms with Crippen LogP contribution in [0.15, 0.2) is 24.5 Å². The first kappa shape index (κ1) is 21.0. The number of fused-ring (bicyclic) bond motifs is 1. The quantitative estimate of drug-likeness (QED) is 0.742. The molecule has 1 saturated carbocycles. The van der Waals surface area contributed by atoms with Crippen LogP contribution < -0.4 is 0 Å². The minimum atomic E-state index is 0.0762. The van der Waals surface area contributed by atoms with Crippen LogP contribution in [0, 0.1) is 5.92 Å². The number of rotatable bonds is 3. The number of piperidine rings is 1. The van der Waals surface area contributed by atoms with E-state index in [1.54, 1.807) is 19.3 Å². The highest BCUT2D eigenvalue weighted by molar-refractivity contribution is 5.79. The summed E-state index contributed by atoms with van der Waals surface area (Å²) in [6, 6.07) is 3.97. The number of aromatic nitrogens is 3. The molecule has 0 N–H and O–H groups in total. The topological polar surface area (TPSA) is 79.3 Å². The zero-order chi connectivity index (χ0) is 22.1. The lowest BCUT2D eigenvalue weighted by molar-refractivity contribution is -0.136. The molecule has 1 unspecified atom stereocenters. The van der Waals surface area contributed by atoms with E-state index in [9.17, 15) is 9.59 Å². The van der Waals surface area contributed by atoms with Crippen molar-refractivity contribution in [2.45, 2.75) is 64.3 Å². The first-order valence-corrected chi connectivity index (χ1v) is 11.9. The molecular weight excluding hydrogens is 402 g/mol. The summed E-state index contributed by atoms with van der Waals surface area (Å²) in [7, 11) is 0. The molecule has 2 aromatic rings. The molecule has 1 aliphatic carbocycles. The molecular formula is C25H31N5O2. The van der Waals surface area contributed by atoms with Gasteiger partial charge in [-0.1, -0.05) is 12.8 Å². The van der Waals surface area contributed by atoms with E-state index in [1.807, 2.05) is 17.0 Å². The van der Waals surface area contributed by atoms with E-state index in [0.717, 1.165) is 67.0 Å². The van der Waals surface area contributed by atoms with Crippen LogP contribution in [0.2, 0.25) is 0 Å². The van der Waals surface area contributed by atoms with E-state index in [2.05, 4.69) is 9.88 Å². The summed E-state index contributed by atoms with van der Waals surface area (Å²) in [5, 5.41) is 0. The molecule has 1 atom stereocenters. The molecule has 7 heteroatoms. The summed E-state index contributed by atoms with van der Waals surface area (Å²) >= 11 is 0. The number of nitrogens with zero attached hydrogens (tertiary/aromatic N) is 5. The van der Waals surface area contributed by atoms with Crippen molar-refractivity contribution < 1.29 is 9.59 Å². The molecule has 0 spiro atoms. The number of likely N-dealkylation sites (tertiary alicyclic amines) is 1. The van der Waals surface area contributed by atoms with Crippen molar-refractivity contribution in [1.29, 1.82) is 0 Å². The summed E-state index contributed by atoms with van der Waals surface area (Å²) in [5.41, 5.74) is 4.07. The third-order valence-corrected chi connectivity index (χ3v) is 7.28. The van der Waals surface area contributed by atoms with E-state index in [4.69, 9.17) is 9.97 Å². The third kappa shape index (κ3) is 4.12. The Kier molecular flexibility index (Phi) is 5.89. The highest BCUT2D eigenvalue weighted by Crippen LogP contribution is 2.34. The van der Waals surface area contributed by atoms with Crippen molar-refractivity contribution in [3.8, 4) is 11.3 Å². The average molecular weight is 434 g/mol. The standard InChI is InChI=1S/C25H31N5O2/c1-17(31)29-14-10-21-22(16-29)27-24(28-23(21)18-8-11-26-12-9-18)20-7-4-13-30(15-20)25(32)19-5-2-3-6-19/h8-9,11-12,19-20H,2-7,10,13-16H2,1H3. The van der Waals surface area contributed by atoms with Gasteiger partial charge in [0.05, 0.1) is 17.9 Å². The Hall–Kier alpha value is -2.83. The van der Waals surface area contributed by atoms with Crippen LogP contribution in [0.3, 0.4) is 0 Å². The molecule has 2 aliphatic heterocycles. The highest BCUT2D eigenvalue weighted by atomic mass is 16.2. The molecule has 0 aromatic carbocycles. The molecule has 32 heavy (non-hydrogen) atoms. The SMILES string of the molecule is CC(=O)N1CCc2c(nc(C3CCCN(C(=O)C4CCCC4)C3)nc2-c2ccncc2)C1. The van der Waals surface area contributed by atoms with Crippen LogP contribution in [0.4, 0.5) is 0 Å². The van der Waals surface area contributed by atoms with Gasteiger partial charge < -0.3 is 9.80 Å². The number of amides is 2. The normalized spacial score (nSPS) is 21.5. The number of hydrogen-bond donors (Lipinski definition) is 0. The van der Waals surface area contributed by atoms with Crippen LogP contribution in [0.1, 0.15) is 68.4 Å². The molecule has 2 aromatic heterocycles. The van der Waals surface area contributed by atoms with Gasteiger partial charge in [0, 0.05) is 61.9 Å². The van der Waals surface area contributed by atoms with E-state index < -0.39 is 0 Å². The summed E-state index contributed by atoms with van der Waals surface area (Å²) in [6.07, 6.45) is 10.7. The lowest BCUT2D eigenvalue weighted by Crippen LogP contribution is -2.42. The van der Waals surface area contributed by atoms with Gasteiger partial charge in [-0.15, -0.1) is 0 Å². The molecule has 168 valence electrons. The first-order chi connectivity index (χ1) is 15.6. The summed E-state index contributed by atoms with van der Waals surface area (Å²) < 4.78 is 0. The highest BCUT2D eigenvalue weighted by Gasteiger charge is 2.33. The minimum absolute atomic E-state index is 0.0762. The Labute approximate surface area is 189 Å². The first-order valence-electron chi connectivity index (χ1n) is 11.9. The van der Waals surface area contributed by atoms with Crippen LogP contribution in [0.5, 0.6) is 0 Å². The van der Waals surface area contributed by atoms with E-state index in [-0.39, 0.29) is 17.7 Å². The maximum Gasteiger partial charge on any atom is 0.225 e. The molecule has 1 saturated heterocycles. The van der Waals surface area contributed by atoms with Crippen LogP contribution in [0.25, 0.3) is 11.3 Å². The number of hydrogen-bond acceptors (Lipinski definition) is 5. The second-order valence-electron chi connectivity index (χ2n) is 9.39. The minimum Gasteiger partial charge on any atom is -0.342 e. The fourth-order valence-corrected chi connectivity index (χ4v) is 5.47. The van der Waals surface area contributed by atoms with Gasteiger partial charge >= 0.3 is 0 Å². The Balaban J connectivity index is 1.47. The summed E-state index contributed by atoms with van der Waals surface area (Å²) in [4.78, 5) is 43.2. The van der Waals surface area contributed by atoms with Crippen molar-refractivity contribution in [1.82, 2.24) is 24.8 Å². The van der Waals surface area contributed by atoms with Gasteiger partial charge in [0.2, 0.25) is 11.8 Å². The summed E-state index contributed by atoms with van der Waals surface area (Å²) in [6.45, 7) is 4.36. The third-order valence-electron chi connectivity index (χ3n) is 7.28. The van der Waals surface area contributed by atoms with Crippen LogP contribution >= 0.6 is 0 Å². The van der Waals surface area contributed by atoms with Gasteiger partial charge in [-0.2, -0.15) is 0 Å². The lowest BCUT2D eigenvalue weighted by atomic mass is 9.93. The fourth-order valence-electron chi connectivity index (χ4n) is 5.47. The van der Waals surface area contributed by atoms with E-state index >= 15 is 0 Å². The van der Waals surface area contributed by atoms with Crippen LogP contribution in [-0.2, 0) is 22.6 Å². The maximum absolute atomic E-state index is 13.1. The van der Waals surface area contributed by atoms with Crippen molar-refractivity contribution in [2.75, 3.05) is 19.6 Å². The molecule has 5 rings (SSSR count). The number of carbonyl (C=O) groups is 2. The van der Waals surface area contributed by atoms with Gasteiger partial charge in [0.25, 0.3) is 0 Å². The monoisotopic (exact) mass is 433 g/mol. The molecule has 7 nitrogen and oxygen atoms in total. The maximum atomic E-state index is 13.1. The molecule has 4 heterocycles. The largest absolute Gasteiger partial charge is 0.342 e. The molecule has 3 aliphatic rings. The Bertz CT molecular complexity index is 1000. The Morgan fingerprint density at radius 3 is 2.50 bits per heavy atom. The summed E-state index contributed by atoms with van der Waals surface area (Å²) in [5.74, 6) is 1.54. The zero-order valence-electron chi connectivity index (χ0n) is 18.8. The lowest BCUT2D eigenvalue weighted by Gasteiger charge is -2.35. The second-order valence-corrected chi connectivity index (χ2v) is 9.39. The van der Waals surface area contributed by atoms with Crippen LogP contribution in [-0.4, -0.2) is 56.2 Å². The molecule has 0 bridgehead atoms. The Morgan fingerprint density at radius 2 is 1.75 bits per heavy atom. The molecule has 0 radical (unpaired) electrons. The van der Waals surface area contributed by atoms with Gasteiger partial charge in [0.15, 0.2) is 0 Å².